The summed E-state index contributed by atoms with van der Waals surface area (Å²) in [4.78, 5) is -0.0110. The first-order valence-corrected chi connectivity index (χ1v) is 9.71. The van der Waals surface area contributed by atoms with Crippen LogP contribution in [0.4, 0.5) is 4.39 Å². The largest absolute Gasteiger partial charge is 0.490 e. The Hall–Kier alpha value is -1.59. The maximum absolute atomic E-state index is 13.2. The normalized spacial score (nSPS) is 24.0. The van der Waals surface area contributed by atoms with Gasteiger partial charge in [-0.1, -0.05) is 36.7 Å². The lowest BCUT2D eigenvalue weighted by molar-refractivity contribution is 0.168. The van der Waals surface area contributed by atoms with Gasteiger partial charge < -0.3 is 4.74 Å². The number of ether oxygens (including phenoxy) is 1. The van der Waals surface area contributed by atoms with E-state index in [1.165, 1.54) is 6.07 Å². The molecular formula is C18H18ClFO3S. The Kier molecular flexibility index (Phi) is 4.83. The van der Waals surface area contributed by atoms with Crippen LogP contribution in [0.5, 0.6) is 5.75 Å². The topological polar surface area (TPSA) is 43.4 Å². The zero-order valence-corrected chi connectivity index (χ0v) is 14.7. The molecule has 3 atom stereocenters. The molecule has 24 heavy (non-hydrogen) atoms. The molecule has 0 bridgehead atoms. The molecule has 0 aliphatic heterocycles. The van der Waals surface area contributed by atoms with E-state index in [2.05, 4.69) is 0 Å². The zero-order valence-electron chi connectivity index (χ0n) is 13.2. The first-order chi connectivity index (χ1) is 11.4. The molecular weight excluding hydrogens is 351 g/mol. The molecule has 2 aromatic carbocycles. The molecule has 0 N–H and O–H groups in total. The second-order valence-corrected chi connectivity index (χ2v) is 8.76. The molecule has 1 aliphatic carbocycles. The average molecular weight is 369 g/mol. The second kappa shape index (κ2) is 6.73. The minimum absolute atomic E-state index is 0.0110. The fourth-order valence-electron chi connectivity index (χ4n) is 3.13. The number of rotatable bonds is 4. The van der Waals surface area contributed by atoms with E-state index in [1.54, 1.807) is 0 Å². The molecule has 128 valence electrons. The molecule has 0 amide bonds. The van der Waals surface area contributed by atoms with Gasteiger partial charge in [0.25, 0.3) is 0 Å². The van der Waals surface area contributed by atoms with Crippen LogP contribution in [-0.4, -0.2) is 19.8 Å². The van der Waals surface area contributed by atoms with Crippen LogP contribution in [0.15, 0.2) is 53.4 Å². The van der Waals surface area contributed by atoms with Crippen LogP contribution in [0, 0.1) is 11.7 Å². The molecule has 0 unspecified atom stereocenters. The summed E-state index contributed by atoms with van der Waals surface area (Å²) in [5.41, 5.74) is 0. The quantitative estimate of drug-likeness (QED) is 0.746. The summed E-state index contributed by atoms with van der Waals surface area (Å²) in [7, 11) is -3.62. The van der Waals surface area contributed by atoms with E-state index in [-0.39, 0.29) is 21.9 Å². The third-order valence-electron chi connectivity index (χ3n) is 4.43. The van der Waals surface area contributed by atoms with Crippen molar-refractivity contribution < 1.29 is 17.5 Å². The molecule has 3 nitrogen and oxygen atoms in total. The van der Waals surface area contributed by atoms with Crippen molar-refractivity contribution >= 4 is 21.4 Å². The molecule has 0 aromatic heterocycles. The van der Waals surface area contributed by atoms with Crippen molar-refractivity contribution in [3.05, 3.63) is 59.4 Å². The highest BCUT2D eigenvalue weighted by molar-refractivity contribution is 7.92. The van der Waals surface area contributed by atoms with Crippen LogP contribution >= 0.6 is 11.6 Å². The van der Waals surface area contributed by atoms with Gasteiger partial charge in [0, 0.05) is 6.42 Å². The molecule has 0 spiro atoms. The SMILES string of the molecule is C[C@@H]1C[C@H](S(=O)(=O)c2ccc(F)cc2Cl)C[C@H]1Oc1ccccc1. The number of hydrogen-bond acceptors (Lipinski definition) is 3. The molecule has 0 radical (unpaired) electrons. The standard InChI is InChI=1S/C18H18ClFO3S/c1-12-9-15(11-17(12)23-14-5-3-2-4-6-14)24(21,22)18-8-7-13(20)10-16(18)19/h2-8,10,12,15,17H,9,11H2,1H3/t12-,15+,17-/m1/s1. The van der Waals surface area contributed by atoms with E-state index < -0.39 is 20.9 Å². The molecule has 0 saturated heterocycles. The summed E-state index contributed by atoms with van der Waals surface area (Å²) in [5, 5.41) is -0.653. The molecule has 2 aromatic rings. The zero-order chi connectivity index (χ0) is 17.3. The van der Waals surface area contributed by atoms with Gasteiger partial charge in [0.05, 0.1) is 15.2 Å². The van der Waals surface area contributed by atoms with Gasteiger partial charge in [0.1, 0.15) is 17.7 Å². The van der Waals surface area contributed by atoms with Crippen molar-refractivity contribution in [2.75, 3.05) is 0 Å². The summed E-state index contributed by atoms with van der Waals surface area (Å²) in [6, 6.07) is 12.7. The third kappa shape index (κ3) is 3.42. The van der Waals surface area contributed by atoms with Gasteiger partial charge >= 0.3 is 0 Å². The van der Waals surface area contributed by atoms with Gasteiger partial charge in [-0.2, -0.15) is 0 Å². The minimum Gasteiger partial charge on any atom is -0.490 e. The van der Waals surface area contributed by atoms with Crippen molar-refractivity contribution in [1.82, 2.24) is 0 Å². The lowest BCUT2D eigenvalue weighted by atomic mass is 10.1. The predicted molar refractivity (Wildman–Crippen MR) is 91.6 cm³/mol. The van der Waals surface area contributed by atoms with Gasteiger partial charge in [-0.15, -0.1) is 0 Å². The summed E-state index contributed by atoms with van der Waals surface area (Å²) in [6.45, 7) is 1.98. The van der Waals surface area contributed by atoms with E-state index in [9.17, 15) is 12.8 Å². The Labute approximate surface area is 146 Å². The number of benzene rings is 2. The van der Waals surface area contributed by atoms with Crippen LogP contribution in [-0.2, 0) is 9.84 Å². The molecule has 3 rings (SSSR count). The summed E-state index contributed by atoms with van der Waals surface area (Å²) < 4.78 is 44.8. The minimum atomic E-state index is -3.62. The molecule has 1 fully saturated rings. The number of para-hydroxylation sites is 1. The fourth-order valence-corrected chi connectivity index (χ4v) is 5.57. The number of sulfone groups is 1. The Balaban J connectivity index is 1.80. The van der Waals surface area contributed by atoms with E-state index in [1.807, 2.05) is 37.3 Å². The molecule has 1 saturated carbocycles. The Morgan fingerprint density at radius 2 is 1.83 bits per heavy atom. The lowest BCUT2D eigenvalue weighted by Crippen LogP contribution is -2.22. The Morgan fingerprint density at radius 1 is 1.12 bits per heavy atom. The first kappa shape index (κ1) is 17.2. The number of hydrogen-bond donors (Lipinski definition) is 0. The maximum atomic E-state index is 13.2. The third-order valence-corrected chi connectivity index (χ3v) is 7.09. The highest BCUT2D eigenvalue weighted by atomic mass is 35.5. The Morgan fingerprint density at radius 3 is 2.50 bits per heavy atom. The van der Waals surface area contributed by atoms with E-state index >= 15 is 0 Å². The number of halogens is 2. The molecule has 0 heterocycles. The van der Waals surface area contributed by atoms with Crippen molar-refractivity contribution in [3.63, 3.8) is 0 Å². The van der Waals surface area contributed by atoms with Gasteiger partial charge in [0.15, 0.2) is 9.84 Å². The monoisotopic (exact) mass is 368 g/mol. The van der Waals surface area contributed by atoms with Crippen LogP contribution in [0.25, 0.3) is 0 Å². The smallest absolute Gasteiger partial charge is 0.182 e. The van der Waals surface area contributed by atoms with Crippen molar-refractivity contribution in [1.29, 1.82) is 0 Å². The highest BCUT2D eigenvalue weighted by Crippen LogP contribution is 2.37. The van der Waals surface area contributed by atoms with Crippen LogP contribution in [0.2, 0.25) is 5.02 Å². The van der Waals surface area contributed by atoms with E-state index in [0.717, 1.165) is 17.9 Å². The van der Waals surface area contributed by atoms with Gasteiger partial charge in [-0.05, 0) is 42.7 Å². The average Bonchev–Trinajstić information content (AvgIpc) is 2.90. The Bertz CT molecular complexity index is 823. The van der Waals surface area contributed by atoms with Crippen molar-refractivity contribution in [2.24, 2.45) is 5.92 Å². The van der Waals surface area contributed by atoms with Crippen LogP contribution < -0.4 is 4.74 Å². The predicted octanol–water partition coefficient (Wildman–Crippen LogP) is 4.50. The maximum Gasteiger partial charge on any atom is 0.182 e. The van der Waals surface area contributed by atoms with Gasteiger partial charge in [-0.3, -0.25) is 0 Å². The second-order valence-electron chi connectivity index (χ2n) is 6.16. The van der Waals surface area contributed by atoms with E-state index in [4.69, 9.17) is 16.3 Å². The lowest BCUT2D eigenvalue weighted by Gasteiger charge is -2.17. The first-order valence-electron chi connectivity index (χ1n) is 7.78. The van der Waals surface area contributed by atoms with Crippen LogP contribution in [0.3, 0.4) is 0 Å². The summed E-state index contributed by atoms with van der Waals surface area (Å²) >= 11 is 5.94. The fraction of sp³-hybridized carbons (Fsp3) is 0.333. The van der Waals surface area contributed by atoms with Crippen molar-refractivity contribution in [3.8, 4) is 5.75 Å². The summed E-state index contributed by atoms with van der Waals surface area (Å²) in [6.07, 6.45) is 0.714. The van der Waals surface area contributed by atoms with Gasteiger partial charge in [-0.25, -0.2) is 12.8 Å². The highest BCUT2D eigenvalue weighted by Gasteiger charge is 2.41. The van der Waals surface area contributed by atoms with Crippen LogP contribution in [0.1, 0.15) is 19.8 Å². The molecule has 6 heteroatoms. The summed E-state index contributed by atoms with van der Waals surface area (Å²) in [5.74, 6) is 0.278. The van der Waals surface area contributed by atoms with Gasteiger partial charge in [0.2, 0.25) is 0 Å². The van der Waals surface area contributed by atoms with Crippen molar-refractivity contribution in [2.45, 2.75) is 36.0 Å². The molecule has 1 aliphatic rings. The van der Waals surface area contributed by atoms with E-state index in [0.29, 0.717) is 12.8 Å².